The third kappa shape index (κ3) is 2.33. The molecule has 4 rings (SSSR count). The summed E-state index contributed by atoms with van der Waals surface area (Å²) in [6.07, 6.45) is 4.75. The Kier molecular flexibility index (Phi) is 4.10. The monoisotopic (exact) mass is 376 g/mol. The third-order valence-corrected chi connectivity index (χ3v) is 8.29. The van der Waals surface area contributed by atoms with Gasteiger partial charge in [-0.1, -0.05) is 25.5 Å². The summed E-state index contributed by atoms with van der Waals surface area (Å²) in [7, 11) is 0. The molecule has 0 unspecified atom stereocenters. The number of carbonyl (C=O) groups excluding carboxylic acids is 2. The highest BCUT2D eigenvalue weighted by atomic mass is 16.5. The van der Waals surface area contributed by atoms with Gasteiger partial charge in [0.05, 0.1) is 6.10 Å². The average Bonchev–Trinajstić information content (AvgIpc) is 2.86. The number of hydrogen-bond donors (Lipinski definition) is 4. The van der Waals surface area contributed by atoms with Gasteiger partial charge in [-0.2, -0.15) is 0 Å². The van der Waals surface area contributed by atoms with Crippen molar-refractivity contribution >= 4 is 11.6 Å². The Morgan fingerprint density at radius 2 is 1.96 bits per heavy atom. The van der Waals surface area contributed by atoms with Crippen LogP contribution in [-0.4, -0.2) is 50.0 Å². The first-order chi connectivity index (χ1) is 12.5. The number of allylic oxidation sites excluding steroid dienone is 4. The van der Waals surface area contributed by atoms with Crippen LogP contribution in [0.1, 0.15) is 46.0 Å². The van der Waals surface area contributed by atoms with E-state index in [1.807, 2.05) is 6.08 Å². The fourth-order valence-electron chi connectivity index (χ4n) is 6.95. The first kappa shape index (κ1) is 19.0. The molecular weight excluding hydrogens is 348 g/mol. The minimum Gasteiger partial charge on any atom is -0.393 e. The second kappa shape index (κ2) is 5.83. The second-order valence-corrected chi connectivity index (χ2v) is 9.35. The van der Waals surface area contributed by atoms with E-state index in [1.54, 1.807) is 19.1 Å². The van der Waals surface area contributed by atoms with Gasteiger partial charge in [-0.25, -0.2) is 0 Å². The van der Waals surface area contributed by atoms with Gasteiger partial charge >= 0.3 is 0 Å². The van der Waals surface area contributed by atoms with Crippen molar-refractivity contribution in [2.24, 2.45) is 28.6 Å². The summed E-state index contributed by atoms with van der Waals surface area (Å²) in [4.78, 5) is 24.2. The van der Waals surface area contributed by atoms with E-state index in [9.17, 15) is 30.0 Å². The lowest BCUT2D eigenvalue weighted by atomic mass is 9.46. The van der Waals surface area contributed by atoms with Gasteiger partial charge in [0, 0.05) is 16.7 Å². The molecule has 0 aromatic rings. The van der Waals surface area contributed by atoms with Crippen LogP contribution in [0.15, 0.2) is 23.8 Å². The molecule has 6 nitrogen and oxygen atoms in total. The Labute approximate surface area is 158 Å². The van der Waals surface area contributed by atoms with Crippen LogP contribution in [-0.2, 0) is 9.59 Å². The van der Waals surface area contributed by atoms with Crippen molar-refractivity contribution in [3.63, 3.8) is 0 Å². The van der Waals surface area contributed by atoms with Crippen LogP contribution in [0.5, 0.6) is 0 Å². The van der Waals surface area contributed by atoms with Crippen molar-refractivity contribution < 1.29 is 30.0 Å². The number of carbonyl (C=O) groups is 2. The van der Waals surface area contributed by atoms with E-state index in [-0.39, 0.29) is 36.4 Å². The Balaban J connectivity index is 1.74. The minimum absolute atomic E-state index is 0.00278. The number of ketones is 2. The predicted octanol–water partition coefficient (Wildman–Crippen LogP) is 0.876. The minimum atomic E-state index is -2.22. The molecule has 27 heavy (non-hydrogen) atoms. The van der Waals surface area contributed by atoms with Crippen LogP contribution in [0.4, 0.5) is 0 Å². The summed E-state index contributed by atoms with van der Waals surface area (Å²) in [5.41, 5.74) is -2.10. The van der Waals surface area contributed by atoms with Crippen molar-refractivity contribution in [1.29, 1.82) is 0 Å². The average molecular weight is 376 g/mol. The SMILES string of the molecule is C[C@]12C=CC(=O)C=C1CC[C@@H]1[C@@H]2[C@H](O)C[C@]2(C)[C@@H]1CC[C@]2(O)C(=O)C(O)O. The lowest BCUT2D eigenvalue weighted by molar-refractivity contribution is -0.194. The van der Waals surface area contributed by atoms with E-state index >= 15 is 0 Å². The first-order valence-corrected chi connectivity index (χ1v) is 9.80. The lowest BCUT2D eigenvalue weighted by Crippen LogP contribution is -2.62. The molecule has 148 valence electrons. The normalized spacial score (nSPS) is 48.7. The van der Waals surface area contributed by atoms with Crippen LogP contribution in [0.25, 0.3) is 0 Å². The Morgan fingerprint density at radius 1 is 1.26 bits per heavy atom. The molecule has 0 aliphatic heterocycles. The molecule has 3 fully saturated rings. The summed E-state index contributed by atoms with van der Waals surface area (Å²) in [6, 6.07) is 0. The third-order valence-electron chi connectivity index (χ3n) is 8.29. The van der Waals surface area contributed by atoms with Crippen molar-refractivity contribution in [3.05, 3.63) is 23.8 Å². The molecule has 0 bridgehead atoms. The predicted molar refractivity (Wildman–Crippen MR) is 96.2 cm³/mol. The molecule has 0 radical (unpaired) electrons. The highest BCUT2D eigenvalue weighted by molar-refractivity contribution is 6.01. The van der Waals surface area contributed by atoms with E-state index < -0.39 is 34.6 Å². The zero-order valence-corrected chi connectivity index (χ0v) is 15.8. The molecule has 4 aliphatic carbocycles. The van der Waals surface area contributed by atoms with Crippen LogP contribution in [0.2, 0.25) is 0 Å². The maximum Gasteiger partial charge on any atom is 0.220 e. The maximum atomic E-state index is 12.4. The highest BCUT2D eigenvalue weighted by Gasteiger charge is 2.68. The molecule has 7 atom stereocenters. The van der Waals surface area contributed by atoms with Crippen LogP contribution in [0, 0.1) is 28.6 Å². The molecule has 6 heteroatoms. The Morgan fingerprint density at radius 3 is 2.63 bits per heavy atom. The van der Waals surface area contributed by atoms with Gasteiger partial charge in [-0.3, -0.25) is 9.59 Å². The van der Waals surface area contributed by atoms with Gasteiger partial charge in [0.1, 0.15) is 5.60 Å². The molecule has 0 aromatic carbocycles. The molecule has 0 aromatic heterocycles. The summed E-state index contributed by atoms with van der Waals surface area (Å²) in [6.45, 7) is 3.87. The smallest absolute Gasteiger partial charge is 0.220 e. The standard InChI is InChI=1S/C21H28O6/c1-19-7-5-12(22)9-11(19)3-4-13-14-6-8-21(27,17(24)18(25)26)20(14,2)10-15(23)16(13)19/h5,7,9,13-16,18,23,25-27H,3-4,6,8,10H2,1-2H3/t13-,14+,15+,16+,19-,20+,21-/m0/s1. The van der Waals surface area contributed by atoms with E-state index in [0.717, 1.165) is 18.4 Å². The molecule has 4 N–H and O–H groups in total. The van der Waals surface area contributed by atoms with Crippen molar-refractivity contribution in [2.45, 2.75) is 63.9 Å². The number of aliphatic hydroxyl groups excluding tert-OH is 2. The quantitative estimate of drug-likeness (QED) is 0.532. The number of hydrogen-bond acceptors (Lipinski definition) is 6. The van der Waals surface area contributed by atoms with Crippen molar-refractivity contribution in [2.75, 3.05) is 0 Å². The largest absolute Gasteiger partial charge is 0.393 e. The molecule has 0 heterocycles. The van der Waals surface area contributed by atoms with Gasteiger partial charge < -0.3 is 20.4 Å². The van der Waals surface area contributed by atoms with Crippen molar-refractivity contribution in [1.82, 2.24) is 0 Å². The van der Waals surface area contributed by atoms with Gasteiger partial charge in [0.25, 0.3) is 0 Å². The number of fused-ring (bicyclic) bond motifs is 5. The van der Waals surface area contributed by atoms with E-state index in [0.29, 0.717) is 6.42 Å². The topological polar surface area (TPSA) is 115 Å². The van der Waals surface area contributed by atoms with E-state index in [1.165, 1.54) is 0 Å². The summed E-state index contributed by atoms with van der Waals surface area (Å²) in [5, 5.41) is 41.1. The molecule has 0 spiro atoms. The number of Topliss-reactive ketones (excluding diaryl/α,β-unsaturated/α-hetero) is 1. The Hall–Kier alpha value is -1.34. The first-order valence-electron chi connectivity index (χ1n) is 9.80. The molecule has 3 saturated carbocycles. The molecule has 0 amide bonds. The maximum absolute atomic E-state index is 12.4. The zero-order valence-electron chi connectivity index (χ0n) is 15.8. The number of aliphatic hydroxyl groups is 4. The van der Waals surface area contributed by atoms with Gasteiger partial charge in [-0.15, -0.1) is 0 Å². The van der Waals surface area contributed by atoms with Crippen molar-refractivity contribution in [3.8, 4) is 0 Å². The molecule has 4 aliphatic rings. The molecule has 0 saturated heterocycles. The fourth-order valence-corrected chi connectivity index (χ4v) is 6.95. The lowest BCUT2D eigenvalue weighted by Gasteiger charge is -2.59. The van der Waals surface area contributed by atoms with Gasteiger partial charge in [0.15, 0.2) is 5.78 Å². The number of rotatable bonds is 2. The van der Waals surface area contributed by atoms with Crippen LogP contribution >= 0.6 is 0 Å². The summed E-state index contributed by atoms with van der Waals surface area (Å²) >= 11 is 0. The second-order valence-electron chi connectivity index (χ2n) is 9.35. The van der Waals surface area contributed by atoms with Gasteiger partial charge in [0.2, 0.25) is 12.1 Å². The fraction of sp³-hybridized carbons (Fsp3) is 0.714. The molecular formula is C21H28O6. The van der Waals surface area contributed by atoms with Gasteiger partial charge in [-0.05, 0) is 56.1 Å². The summed E-state index contributed by atoms with van der Waals surface area (Å²) in [5.74, 6) is -0.978. The van der Waals surface area contributed by atoms with E-state index in [2.05, 4.69) is 6.92 Å². The van der Waals surface area contributed by atoms with Crippen LogP contribution in [0.3, 0.4) is 0 Å². The van der Waals surface area contributed by atoms with Crippen LogP contribution < -0.4 is 0 Å². The summed E-state index contributed by atoms with van der Waals surface area (Å²) < 4.78 is 0. The van der Waals surface area contributed by atoms with E-state index in [4.69, 9.17) is 0 Å². The zero-order chi connectivity index (χ0) is 19.8. The Bertz CT molecular complexity index is 754. The highest BCUT2D eigenvalue weighted by Crippen LogP contribution is 2.67.